The van der Waals surface area contributed by atoms with Crippen LogP contribution in [0.3, 0.4) is 0 Å². The van der Waals surface area contributed by atoms with Crippen molar-refractivity contribution in [3.63, 3.8) is 0 Å². The number of hydrogen-bond donors (Lipinski definition) is 2. The molecule has 2 heterocycles. The van der Waals surface area contributed by atoms with E-state index in [9.17, 15) is 13.6 Å². The third kappa shape index (κ3) is 2.74. The van der Waals surface area contributed by atoms with Gasteiger partial charge in [-0.05, 0) is 38.0 Å². The van der Waals surface area contributed by atoms with Crippen LogP contribution in [0.15, 0.2) is 30.3 Å². The Bertz CT molecular complexity index is 884. The molecule has 2 aromatic carbocycles. The fourth-order valence-corrected chi connectivity index (χ4v) is 4.06. The summed E-state index contributed by atoms with van der Waals surface area (Å²) >= 11 is 0. The fraction of sp³-hybridized carbons (Fsp3) is 0.350. The standard InChI is InChI=1S/C20H19F2NO3/c1-10-4-5-17-14(7-10)19-11(3-2-6-26-19)18(23-17)12-8-16(22)13(20(24)25)9-15(12)21/h4-5,7-9,11,18-19,23H,2-3,6H2,1H3,(H,24,25)/t11-,18+,19-/m1/s1. The van der Waals surface area contributed by atoms with Crippen molar-refractivity contribution in [3.05, 3.63) is 64.2 Å². The SMILES string of the molecule is Cc1ccc2c(c1)[C@@H]1OCCC[C@@H]1[C@@H](c1cc(F)c(C(=O)O)cc1F)N2. The van der Waals surface area contributed by atoms with Crippen LogP contribution < -0.4 is 5.32 Å². The third-order valence-electron chi connectivity index (χ3n) is 5.27. The van der Waals surface area contributed by atoms with Crippen LogP contribution in [0.2, 0.25) is 0 Å². The van der Waals surface area contributed by atoms with E-state index >= 15 is 0 Å². The number of halogens is 2. The predicted octanol–water partition coefficient (Wildman–Crippen LogP) is 4.61. The second-order valence-electron chi connectivity index (χ2n) is 6.97. The van der Waals surface area contributed by atoms with Crippen molar-refractivity contribution in [2.45, 2.75) is 31.9 Å². The Hall–Kier alpha value is -2.47. The highest BCUT2D eigenvalue weighted by Crippen LogP contribution is 2.49. The molecule has 0 amide bonds. The topological polar surface area (TPSA) is 58.6 Å². The van der Waals surface area contributed by atoms with E-state index in [2.05, 4.69) is 11.4 Å². The zero-order valence-corrected chi connectivity index (χ0v) is 14.3. The molecule has 0 aliphatic carbocycles. The van der Waals surface area contributed by atoms with Crippen molar-refractivity contribution in [1.29, 1.82) is 0 Å². The number of aromatic carboxylic acids is 1. The molecule has 4 rings (SSSR count). The number of fused-ring (bicyclic) bond motifs is 3. The summed E-state index contributed by atoms with van der Waals surface area (Å²) in [6.07, 6.45) is 1.47. The van der Waals surface area contributed by atoms with Crippen LogP contribution in [-0.4, -0.2) is 17.7 Å². The van der Waals surface area contributed by atoms with Crippen LogP contribution in [0, 0.1) is 24.5 Å². The molecule has 0 saturated carbocycles. The first-order chi connectivity index (χ1) is 12.5. The average Bonchev–Trinajstić information content (AvgIpc) is 2.62. The Kier molecular flexibility index (Phi) is 4.15. The Balaban J connectivity index is 1.81. The average molecular weight is 359 g/mol. The number of aryl methyl sites for hydroxylation is 1. The number of rotatable bonds is 2. The van der Waals surface area contributed by atoms with Crippen molar-refractivity contribution in [1.82, 2.24) is 0 Å². The number of hydrogen-bond acceptors (Lipinski definition) is 3. The number of anilines is 1. The third-order valence-corrected chi connectivity index (χ3v) is 5.27. The van der Waals surface area contributed by atoms with E-state index in [0.717, 1.165) is 41.8 Å². The summed E-state index contributed by atoms with van der Waals surface area (Å²) in [4.78, 5) is 11.0. The van der Waals surface area contributed by atoms with Gasteiger partial charge < -0.3 is 15.2 Å². The molecule has 0 aromatic heterocycles. The Labute approximate surface area is 149 Å². The lowest BCUT2D eigenvalue weighted by Gasteiger charge is -2.43. The molecule has 136 valence electrons. The van der Waals surface area contributed by atoms with Gasteiger partial charge >= 0.3 is 5.97 Å². The summed E-state index contributed by atoms with van der Waals surface area (Å²) in [7, 11) is 0. The van der Waals surface area contributed by atoms with Gasteiger partial charge in [0.1, 0.15) is 11.6 Å². The largest absolute Gasteiger partial charge is 0.478 e. The van der Waals surface area contributed by atoms with E-state index in [1.165, 1.54) is 0 Å². The van der Waals surface area contributed by atoms with Crippen LogP contribution >= 0.6 is 0 Å². The second kappa shape index (κ2) is 6.36. The summed E-state index contributed by atoms with van der Waals surface area (Å²) < 4.78 is 34.9. The highest BCUT2D eigenvalue weighted by atomic mass is 19.1. The van der Waals surface area contributed by atoms with Gasteiger partial charge in [-0.15, -0.1) is 0 Å². The molecular formula is C20H19F2NO3. The highest BCUT2D eigenvalue weighted by molar-refractivity contribution is 5.88. The number of ether oxygens (including phenoxy) is 1. The summed E-state index contributed by atoms with van der Waals surface area (Å²) in [6.45, 7) is 2.64. The van der Waals surface area contributed by atoms with Gasteiger partial charge in [0.25, 0.3) is 0 Å². The first kappa shape index (κ1) is 17.0. The summed E-state index contributed by atoms with van der Waals surface area (Å²) in [5.74, 6) is -3.19. The molecule has 4 nitrogen and oxygen atoms in total. The maximum absolute atomic E-state index is 14.7. The van der Waals surface area contributed by atoms with Crippen LogP contribution in [0.25, 0.3) is 0 Å². The van der Waals surface area contributed by atoms with E-state index in [1.54, 1.807) is 0 Å². The maximum Gasteiger partial charge on any atom is 0.338 e. The fourth-order valence-electron chi connectivity index (χ4n) is 4.06. The monoisotopic (exact) mass is 359 g/mol. The van der Waals surface area contributed by atoms with Gasteiger partial charge in [-0.1, -0.05) is 17.7 Å². The molecule has 3 atom stereocenters. The van der Waals surface area contributed by atoms with Crippen molar-refractivity contribution < 1.29 is 23.4 Å². The van der Waals surface area contributed by atoms with Crippen LogP contribution in [0.1, 0.15) is 52.0 Å². The van der Waals surface area contributed by atoms with Crippen LogP contribution in [0.5, 0.6) is 0 Å². The molecule has 6 heteroatoms. The van der Waals surface area contributed by atoms with E-state index < -0.39 is 29.2 Å². The molecule has 2 aliphatic heterocycles. The molecular weight excluding hydrogens is 340 g/mol. The smallest absolute Gasteiger partial charge is 0.338 e. The van der Waals surface area contributed by atoms with Crippen molar-refractivity contribution in [2.75, 3.05) is 11.9 Å². The van der Waals surface area contributed by atoms with Gasteiger partial charge in [-0.25, -0.2) is 13.6 Å². The first-order valence-electron chi connectivity index (χ1n) is 8.66. The van der Waals surface area contributed by atoms with Crippen molar-refractivity contribution >= 4 is 11.7 Å². The van der Waals surface area contributed by atoms with Gasteiger partial charge in [0.15, 0.2) is 0 Å². The van der Waals surface area contributed by atoms with Crippen molar-refractivity contribution in [3.8, 4) is 0 Å². The Morgan fingerprint density at radius 1 is 1.19 bits per heavy atom. The molecule has 26 heavy (non-hydrogen) atoms. The molecule has 2 aromatic rings. The van der Waals surface area contributed by atoms with E-state index in [1.807, 2.05) is 19.1 Å². The Morgan fingerprint density at radius 3 is 2.77 bits per heavy atom. The van der Waals surface area contributed by atoms with Gasteiger partial charge in [0, 0.05) is 29.3 Å². The summed E-state index contributed by atoms with van der Waals surface area (Å²) in [6, 6.07) is 7.22. The quantitative estimate of drug-likeness (QED) is 0.822. The van der Waals surface area contributed by atoms with Gasteiger partial charge in [0.2, 0.25) is 0 Å². The van der Waals surface area contributed by atoms with Crippen molar-refractivity contribution in [2.24, 2.45) is 5.92 Å². The molecule has 2 N–H and O–H groups in total. The molecule has 0 radical (unpaired) electrons. The van der Waals surface area contributed by atoms with Crippen LogP contribution in [-0.2, 0) is 4.74 Å². The molecule has 1 fully saturated rings. The zero-order valence-electron chi connectivity index (χ0n) is 14.3. The second-order valence-corrected chi connectivity index (χ2v) is 6.97. The number of nitrogens with one attached hydrogen (secondary N) is 1. The normalized spacial score (nSPS) is 24.3. The number of carbonyl (C=O) groups is 1. The van der Waals surface area contributed by atoms with E-state index in [4.69, 9.17) is 9.84 Å². The van der Waals surface area contributed by atoms with E-state index in [0.29, 0.717) is 6.61 Å². The lowest BCUT2D eigenvalue weighted by atomic mass is 9.77. The van der Waals surface area contributed by atoms with Gasteiger partial charge in [-0.3, -0.25) is 0 Å². The minimum atomic E-state index is -1.48. The number of carboxylic acids is 1. The highest BCUT2D eigenvalue weighted by Gasteiger charge is 2.41. The minimum Gasteiger partial charge on any atom is -0.478 e. The number of benzene rings is 2. The Morgan fingerprint density at radius 2 is 2.00 bits per heavy atom. The molecule has 0 spiro atoms. The molecule has 0 bridgehead atoms. The lowest BCUT2D eigenvalue weighted by molar-refractivity contribution is -0.0385. The summed E-state index contributed by atoms with van der Waals surface area (Å²) in [5.41, 5.74) is 2.47. The van der Waals surface area contributed by atoms with Gasteiger partial charge in [0.05, 0.1) is 17.7 Å². The van der Waals surface area contributed by atoms with Gasteiger partial charge in [-0.2, -0.15) is 0 Å². The lowest BCUT2D eigenvalue weighted by Crippen LogP contribution is -2.36. The predicted molar refractivity (Wildman–Crippen MR) is 92.3 cm³/mol. The first-order valence-corrected chi connectivity index (χ1v) is 8.66. The van der Waals surface area contributed by atoms with Crippen LogP contribution in [0.4, 0.5) is 14.5 Å². The van der Waals surface area contributed by atoms with E-state index in [-0.39, 0.29) is 17.6 Å². The molecule has 1 saturated heterocycles. The maximum atomic E-state index is 14.7. The minimum absolute atomic E-state index is 0.0531. The molecule has 0 unspecified atom stereocenters. The zero-order chi connectivity index (χ0) is 18.4. The summed E-state index contributed by atoms with van der Waals surface area (Å²) in [5, 5.41) is 12.3. The molecule has 2 aliphatic rings. The number of carboxylic acid groups (broad SMARTS) is 1.